The topological polar surface area (TPSA) is 85.4 Å². The molecule has 0 spiro atoms. The monoisotopic (exact) mass is 246 g/mol. The van der Waals surface area contributed by atoms with Gasteiger partial charge in [-0.2, -0.15) is 0 Å². The molecule has 1 aromatic heterocycles. The maximum absolute atomic E-state index is 10.7. The number of carboxylic acid groups (broad SMARTS) is 1. The van der Waals surface area contributed by atoms with E-state index in [0.717, 1.165) is 10.8 Å². The van der Waals surface area contributed by atoms with Crippen LogP contribution in [-0.2, 0) is 4.79 Å². The van der Waals surface area contributed by atoms with Crippen LogP contribution < -0.4 is 10.5 Å². The van der Waals surface area contributed by atoms with E-state index in [2.05, 4.69) is 4.98 Å². The van der Waals surface area contributed by atoms with Gasteiger partial charge >= 0.3 is 5.97 Å². The lowest BCUT2D eigenvalue weighted by atomic mass is 10.00. The fraction of sp³-hybridized carbons (Fsp3) is 0.231. The summed E-state index contributed by atoms with van der Waals surface area (Å²) in [6, 6.07) is 6.93. The first-order chi connectivity index (χ1) is 8.63. The first-order valence-electron chi connectivity index (χ1n) is 5.52. The van der Waals surface area contributed by atoms with Gasteiger partial charge in [-0.05, 0) is 17.0 Å². The second kappa shape index (κ2) is 5.01. The minimum atomic E-state index is -0.928. The fourth-order valence-electron chi connectivity index (χ4n) is 1.94. The number of hydrogen-bond donors (Lipinski definition) is 2. The van der Waals surface area contributed by atoms with E-state index in [-0.39, 0.29) is 6.42 Å². The second-order valence-corrected chi connectivity index (χ2v) is 3.97. The van der Waals surface area contributed by atoms with Crippen molar-refractivity contribution in [2.45, 2.75) is 12.5 Å². The van der Waals surface area contributed by atoms with E-state index in [1.807, 2.05) is 24.3 Å². The first-order valence-corrected chi connectivity index (χ1v) is 5.52. The maximum atomic E-state index is 10.7. The molecule has 0 aliphatic heterocycles. The van der Waals surface area contributed by atoms with Gasteiger partial charge in [0.05, 0.1) is 13.5 Å². The molecule has 1 heterocycles. The highest BCUT2D eigenvalue weighted by Crippen LogP contribution is 2.29. The standard InChI is InChI=1S/C13H14N2O3/c1-18-13-9-5-3-2-4-8(9)10(7-15-13)11(14)6-12(16)17/h2-5,7,11H,6,14H2,1H3,(H,16,17). The van der Waals surface area contributed by atoms with Crippen LogP contribution in [-0.4, -0.2) is 23.2 Å². The number of pyridine rings is 1. The number of nitrogens with zero attached hydrogens (tertiary/aromatic N) is 1. The van der Waals surface area contributed by atoms with E-state index in [4.69, 9.17) is 15.6 Å². The average molecular weight is 246 g/mol. The molecule has 0 saturated carbocycles. The van der Waals surface area contributed by atoms with Crippen LogP contribution in [0.15, 0.2) is 30.5 Å². The molecule has 0 aliphatic carbocycles. The summed E-state index contributed by atoms with van der Waals surface area (Å²) in [6.45, 7) is 0. The Kier molecular flexibility index (Phi) is 3.43. The molecule has 0 radical (unpaired) electrons. The Morgan fingerprint density at radius 2 is 2.11 bits per heavy atom. The zero-order valence-electron chi connectivity index (χ0n) is 9.96. The summed E-state index contributed by atoms with van der Waals surface area (Å²) in [5.74, 6) is -0.417. The number of carbonyl (C=O) groups is 1. The van der Waals surface area contributed by atoms with Crippen LogP contribution in [0.3, 0.4) is 0 Å². The molecule has 94 valence electrons. The summed E-state index contributed by atoms with van der Waals surface area (Å²) in [7, 11) is 1.55. The predicted octanol–water partition coefficient (Wildman–Crippen LogP) is 1.72. The molecule has 1 unspecified atom stereocenters. The van der Waals surface area contributed by atoms with E-state index in [9.17, 15) is 4.79 Å². The molecule has 1 aromatic carbocycles. The lowest BCUT2D eigenvalue weighted by Crippen LogP contribution is -2.15. The molecule has 5 nitrogen and oxygen atoms in total. The van der Waals surface area contributed by atoms with Crippen LogP contribution in [0.4, 0.5) is 0 Å². The van der Waals surface area contributed by atoms with E-state index >= 15 is 0 Å². The third-order valence-corrected chi connectivity index (χ3v) is 2.78. The minimum absolute atomic E-state index is 0.127. The lowest BCUT2D eigenvalue weighted by Gasteiger charge is -2.13. The highest BCUT2D eigenvalue weighted by atomic mass is 16.5. The van der Waals surface area contributed by atoms with Gasteiger partial charge in [0.25, 0.3) is 0 Å². The van der Waals surface area contributed by atoms with Crippen molar-refractivity contribution in [3.63, 3.8) is 0 Å². The van der Waals surface area contributed by atoms with Crippen molar-refractivity contribution in [1.29, 1.82) is 0 Å². The smallest absolute Gasteiger partial charge is 0.305 e. The number of fused-ring (bicyclic) bond motifs is 1. The molecular formula is C13H14N2O3. The maximum Gasteiger partial charge on any atom is 0.305 e. The normalized spacial score (nSPS) is 12.3. The van der Waals surface area contributed by atoms with E-state index in [0.29, 0.717) is 11.4 Å². The molecule has 1 atom stereocenters. The Bertz CT molecular complexity index is 583. The molecule has 2 rings (SSSR count). The van der Waals surface area contributed by atoms with Crippen LogP contribution in [0.2, 0.25) is 0 Å². The number of rotatable bonds is 4. The summed E-state index contributed by atoms with van der Waals surface area (Å²) in [6.07, 6.45) is 1.45. The highest BCUT2D eigenvalue weighted by Gasteiger charge is 2.15. The number of aliphatic carboxylic acids is 1. The van der Waals surface area contributed by atoms with Crippen molar-refractivity contribution in [1.82, 2.24) is 4.98 Å². The number of aromatic nitrogens is 1. The molecule has 0 amide bonds. The minimum Gasteiger partial charge on any atom is -0.481 e. The third-order valence-electron chi connectivity index (χ3n) is 2.78. The summed E-state index contributed by atoms with van der Waals surface area (Å²) in [5, 5.41) is 10.5. The summed E-state index contributed by atoms with van der Waals surface area (Å²) in [5.41, 5.74) is 6.61. The largest absolute Gasteiger partial charge is 0.481 e. The lowest BCUT2D eigenvalue weighted by molar-refractivity contribution is -0.137. The van der Waals surface area contributed by atoms with E-state index in [1.165, 1.54) is 0 Å². The van der Waals surface area contributed by atoms with Gasteiger partial charge in [0.15, 0.2) is 0 Å². The summed E-state index contributed by atoms with van der Waals surface area (Å²) >= 11 is 0. The predicted molar refractivity (Wildman–Crippen MR) is 67.5 cm³/mol. The Labute approximate surface area is 104 Å². The second-order valence-electron chi connectivity index (χ2n) is 3.97. The molecule has 0 saturated heterocycles. The van der Waals surface area contributed by atoms with Crippen LogP contribution in [0.1, 0.15) is 18.0 Å². The highest BCUT2D eigenvalue weighted by molar-refractivity contribution is 5.90. The van der Waals surface area contributed by atoms with Crippen LogP contribution >= 0.6 is 0 Å². The molecular weight excluding hydrogens is 232 g/mol. The Morgan fingerprint density at radius 1 is 1.44 bits per heavy atom. The molecule has 0 fully saturated rings. The van der Waals surface area contributed by atoms with Crippen molar-refractivity contribution in [3.8, 4) is 5.88 Å². The Balaban J connectivity index is 2.55. The molecule has 18 heavy (non-hydrogen) atoms. The molecule has 0 bridgehead atoms. The van der Waals surface area contributed by atoms with Gasteiger partial charge in [-0.1, -0.05) is 18.2 Å². The number of nitrogens with two attached hydrogens (primary N) is 1. The van der Waals surface area contributed by atoms with Gasteiger partial charge in [0, 0.05) is 17.6 Å². The zero-order valence-corrected chi connectivity index (χ0v) is 9.96. The molecule has 3 N–H and O–H groups in total. The summed E-state index contributed by atoms with van der Waals surface area (Å²) in [4.78, 5) is 14.9. The van der Waals surface area contributed by atoms with Crippen LogP contribution in [0, 0.1) is 0 Å². The van der Waals surface area contributed by atoms with Gasteiger partial charge in [-0.3, -0.25) is 4.79 Å². The number of hydrogen-bond acceptors (Lipinski definition) is 4. The number of carboxylic acids is 1. The van der Waals surface area contributed by atoms with Crippen molar-refractivity contribution in [2.75, 3.05) is 7.11 Å². The van der Waals surface area contributed by atoms with Gasteiger partial charge in [0.1, 0.15) is 0 Å². The number of benzene rings is 1. The van der Waals surface area contributed by atoms with Crippen molar-refractivity contribution in [2.24, 2.45) is 5.73 Å². The van der Waals surface area contributed by atoms with Crippen LogP contribution in [0.25, 0.3) is 10.8 Å². The fourth-order valence-corrected chi connectivity index (χ4v) is 1.94. The van der Waals surface area contributed by atoms with E-state index < -0.39 is 12.0 Å². The first kappa shape index (κ1) is 12.3. The van der Waals surface area contributed by atoms with Crippen molar-refractivity contribution in [3.05, 3.63) is 36.0 Å². The molecule has 0 aliphatic rings. The Hall–Kier alpha value is -2.14. The Morgan fingerprint density at radius 3 is 2.72 bits per heavy atom. The zero-order chi connectivity index (χ0) is 13.1. The van der Waals surface area contributed by atoms with Gasteiger partial charge in [-0.15, -0.1) is 0 Å². The quantitative estimate of drug-likeness (QED) is 0.857. The van der Waals surface area contributed by atoms with E-state index in [1.54, 1.807) is 13.3 Å². The van der Waals surface area contributed by atoms with Gasteiger partial charge in [-0.25, -0.2) is 4.98 Å². The SMILES string of the molecule is COc1ncc(C(N)CC(=O)O)c2ccccc12. The van der Waals surface area contributed by atoms with Gasteiger partial charge < -0.3 is 15.6 Å². The average Bonchev–Trinajstić information content (AvgIpc) is 2.36. The number of methoxy groups -OCH3 is 1. The summed E-state index contributed by atoms with van der Waals surface area (Å²) < 4.78 is 5.18. The van der Waals surface area contributed by atoms with Gasteiger partial charge in [0.2, 0.25) is 5.88 Å². The van der Waals surface area contributed by atoms with Crippen molar-refractivity contribution >= 4 is 16.7 Å². The molecule has 5 heteroatoms. The van der Waals surface area contributed by atoms with Crippen LogP contribution in [0.5, 0.6) is 5.88 Å². The third kappa shape index (κ3) is 2.26. The number of ether oxygens (including phenoxy) is 1. The van der Waals surface area contributed by atoms with Crippen molar-refractivity contribution < 1.29 is 14.6 Å². The molecule has 2 aromatic rings.